The van der Waals surface area contributed by atoms with Gasteiger partial charge in [0.05, 0.1) is 0 Å². The summed E-state index contributed by atoms with van der Waals surface area (Å²) >= 11 is 0. The highest BCUT2D eigenvalue weighted by Crippen LogP contribution is 2.15. The normalized spacial score (nSPS) is 10.7. The number of unbranched alkanes of at least 4 members (excludes halogenated alkanes) is 5. The molecule has 128 valence electrons. The molecule has 0 aromatic carbocycles. The lowest BCUT2D eigenvalue weighted by atomic mass is 10.1. The molecule has 1 N–H and O–H groups in total. The maximum atomic E-state index is 10.4. The van der Waals surface area contributed by atoms with Crippen molar-refractivity contribution in [3.63, 3.8) is 0 Å². The molecular weight excluding hydrogens is 300 g/mol. The van der Waals surface area contributed by atoms with Crippen molar-refractivity contribution in [3.05, 3.63) is 49.1 Å². The van der Waals surface area contributed by atoms with E-state index in [1.807, 2.05) is 11.6 Å². The number of hydrogen-bond acceptors (Lipinski definition) is 1. The fraction of sp³-hybridized carbons (Fsp3) is 0.450. The molecule has 0 aliphatic rings. The molecule has 0 fully saturated rings. The van der Waals surface area contributed by atoms with Gasteiger partial charge in [-0.25, -0.2) is 9.13 Å². The summed E-state index contributed by atoms with van der Waals surface area (Å²) < 4.78 is 4.27. The predicted octanol–water partition coefficient (Wildman–Crippen LogP) is 3.28. The Morgan fingerprint density at radius 2 is 1.33 bits per heavy atom. The van der Waals surface area contributed by atoms with Crippen LogP contribution >= 0.6 is 0 Å². The van der Waals surface area contributed by atoms with Crippen molar-refractivity contribution in [2.45, 2.75) is 51.5 Å². The van der Waals surface area contributed by atoms with Crippen LogP contribution in [-0.4, -0.2) is 11.1 Å². The molecule has 0 saturated carbocycles. The van der Waals surface area contributed by atoms with E-state index in [4.69, 9.17) is 5.11 Å². The third-order valence-electron chi connectivity index (χ3n) is 4.26. The van der Waals surface area contributed by atoms with E-state index < -0.39 is 5.97 Å². The van der Waals surface area contributed by atoms with Gasteiger partial charge in [0.15, 0.2) is 24.8 Å². The standard InChI is InChI=1S/C20H27N2O2/c1-21-14-9-18(10-15-21)19-11-16-22(17-12-19)13-7-5-3-2-4-6-8-20(23)24/h9-12,14-17H,2-8,13H2,1H3/q+1/p+1. The maximum Gasteiger partial charge on any atom is 0.303 e. The number of carboxylic acid groups (broad SMARTS) is 1. The van der Waals surface area contributed by atoms with Crippen LogP contribution in [0.1, 0.15) is 44.9 Å². The van der Waals surface area contributed by atoms with Crippen molar-refractivity contribution < 1.29 is 19.0 Å². The van der Waals surface area contributed by atoms with Gasteiger partial charge >= 0.3 is 5.97 Å². The number of hydrogen-bond donors (Lipinski definition) is 1. The molecule has 24 heavy (non-hydrogen) atoms. The first-order chi connectivity index (χ1) is 11.6. The van der Waals surface area contributed by atoms with Gasteiger partial charge < -0.3 is 5.11 Å². The molecular formula is C20H28N2O2+2. The van der Waals surface area contributed by atoms with Gasteiger partial charge in [-0.2, -0.15) is 0 Å². The van der Waals surface area contributed by atoms with Gasteiger partial charge in [-0.05, 0) is 24.0 Å². The first-order valence-corrected chi connectivity index (χ1v) is 8.82. The number of aliphatic carboxylic acids is 1. The predicted molar refractivity (Wildman–Crippen MR) is 93.2 cm³/mol. The molecule has 2 heterocycles. The summed E-state index contributed by atoms with van der Waals surface area (Å²) in [6.45, 7) is 1.04. The molecule has 0 radical (unpaired) electrons. The summed E-state index contributed by atoms with van der Waals surface area (Å²) in [5.74, 6) is -0.681. The summed E-state index contributed by atoms with van der Waals surface area (Å²) in [5.41, 5.74) is 2.48. The highest BCUT2D eigenvalue weighted by molar-refractivity contribution is 5.66. The van der Waals surface area contributed by atoms with Crippen LogP contribution < -0.4 is 9.13 Å². The fourth-order valence-corrected chi connectivity index (χ4v) is 2.77. The van der Waals surface area contributed by atoms with Gasteiger partial charge in [0.25, 0.3) is 0 Å². The van der Waals surface area contributed by atoms with Crippen LogP contribution in [0, 0.1) is 0 Å². The Balaban J connectivity index is 1.65. The molecule has 0 unspecified atom stereocenters. The van der Waals surface area contributed by atoms with Gasteiger partial charge in [-0.1, -0.05) is 19.3 Å². The van der Waals surface area contributed by atoms with Crippen LogP contribution in [0.3, 0.4) is 0 Å². The second kappa shape index (κ2) is 9.81. The summed E-state index contributed by atoms with van der Waals surface area (Å²) in [7, 11) is 2.02. The minimum atomic E-state index is -0.681. The number of pyridine rings is 2. The molecule has 0 bridgehead atoms. The Bertz CT molecular complexity index is 621. The van der Waals surface area contributed by atoms with E-state index in [1.165, 1.54) is 30.4 Å². The van der Waals surface area contributed by atoms with E-state index in [1.54, 1.807) is 0 Å². The molecule has 0 aliphatic carbocycles. The topological polar surface area (TPSA) is 45.1 Å². The first-order valence-electron chi connectivity index (χ1n) is 8.82. The van der Waals surface area contributed by atoms with Crippen LogP contribution in [0.5, 0.6) is 0 Å². The van der Waals surface area contributed by atoms with E-state index in [0.717, 1.165) is 25.8 Å². The summed E-state index contributed by atoms with van der Waals surface area (Å²) in [6, 6.07) is 8.59. The Hall–Kier alpha value is -2.23. The van der Waals surface area contributed by atoms with Crippen LogP contribution in [0.4, 0.5) is 0 Å². The molecule has 0 saturated heterocycles. The highest BCUT2D eigenvalue weighted by atomic mass is 16.4. The Morgan fingerprint density at radius 3 is 1.92 bits per heavy atom. The molecule has 0 spiro atoms. The van der Waals surface area contributed by atoms with E-state index in [9.17, 15) is 4.79 Å². The zero-order valence-corrected chi connectivity index (χ0v) is 14.5. The molecule has 0 aliphatic heterocycles. The molecule has 4 nitrogen and oxygen atoms in total. The Kier molecular flexibility index (Phi) is 7.40. The number of rotatable bonds is 10. The highest BCUT2D eigenvalue weighted by Gasteiger charge is 2.04. The number of aromatic nitrogens is 2. The average Bonchev–Trinajstić information content (AvgIpc) is 2.58. The number of carboxylic acids is 1. The van der Waals surface area contributed by atoms with Crippen LogP contribution in [0.15, 0.2) is 49.1 Å². The van der Waals surface area contributed by atoms with Crippen LogP contribution in [0.25, 0.3) is 11.1 Å². The SMILES string of the molecule is C[n+]1ccc(-c2cc[n+](CCCCCCCCC(=O)O)cc2)cc1. The molecule has 2 aromatic heterocycles. The van der Waals surface area contributed by atoms with Gasteiger partial charge in [0.1, 0.15) is 13.6 Å². The van der Waals surface area contributed by atoms with E-state index in [0.29, 0.717) is 6.42 Å². The van der Waals surface area contributed by atoms with Crippen molar-refractivity contribution in [3.8, 4) is 11.1 Å². The lowest BCUT2D eigenvalue weighted by molar-refractivity contribution is -0.697. The van der Waals surface area contributed by atoms with E-state index in [2.05, 4.69) is 53.6 Å². The fourth-order valence-electron chi connectivity index (χ4n) is 2.77. The van der Waals surface area contributed by atoms with Gasteiger partial charge in [0, 0.05) is 37.1 Å². The third-order valence-corrected chi connectivity index (χ3v) is 4.26. The average molecular weight is 328 g/mol. The summed E-state index contributed by atoms with van der Waals surface area (Å²) in [5, 5.41) is 8.58. The Labute approximate surface area is 144 Å². The van der Waals surface area contributed by atoms with Crippen LogP contribution in [0.2, 0.25) is 0 Å². The zero-order valence-electron chi connectivity index (χ0n) is 14.5. The minimum Gasteiger partial charge on any atom is -0.481 e. The minimum absolute atomic E-state index is 0.307. The number of nitrogens with zero attached hydrogens (tertiary/aromatic N) is 2. The quantitative estimate of drug-likeness (QED) is 0.537. The lowest BCUT2D eigenvalue weighted by Crippen LogP contribution is -2.32. The maximum absolute atomic E-state index is 10.4. The van der Waals surface area contributed by atoms with Crippen molar-refractivity contribution in [2.24, 2.45) is 7.05 Å². The molecule has 0 atom stereocenters. The molecule has 2 aromatic rings. The van der Waals surface area contributed by atoms with Crippen molar-refractivity contribution >= 4 is 5.97 Å². The second-order valence-electron chi connectivity index (χ2n) is 6.34. The largest absolute Gasteiger partial charge is 0.481 e. The van der Waals surface area contributed by atoms with Crippen molar-refractivity contribution in [2.75, 3.05) is 0 Å². The van der Waals surface area contributed by atoms with E-state index in [-0.39, 0.29) is 0 Å². The van der Waals surface area contributed by atoms with Crippen molar-refractivity contribution in [1.29, 1.82) is 0 Å². The zero-order chi connectivity index (χ0) is 17.2. The molecule has 0 amide bonds. The third kappa shape index (κ3) is 6.49. The Morgan fingerprint density at radius 1 is 0.833 bits per heavy atom. The monoisotopic (exact) mass is 328 g/mol. The van der Waals surface area contributed by atoms with Gasteiger partial charge in [0.2, 0.25) is 0 Å². The summed E-state index contributed by atoms with van der Waals surface area (Å²) in [6.07, 6.45) is 15.3. The molecule has 4 heteroatoms. The number of carbonyl (C=O) groups is 1. The van der Waals surface area contributed by atoms with Crippen molar-refractivity contribution in [1.82, 2.24) is 0 Å². The lowest BCUT2D eigenvalue weighted by Gasteiger charge is -2.01. The molecule has 2 rings (SSSR count). The second-order valence-corrected chi connectivity index (χ2v) is 6.34. The van der Waals surface area contributed by atoms with Gasteiger partial charge in [-0.3, -0.25) is 4.79 Å². The summed E-state index contributed by atoms with van der Waals surface area (Å²) in [4.78, 5) is 10.4. The van der Waals surface area contributed by atoms with Gasteiger partial charge in [-0.15, -0.1) is 0 Å². The van der Waals surface area contributed by atoms with Crippen LogP contribution in [-0.2, 0) is 18.4 Å². The number of aryl methyl sites for hydroxylation is 2. The van der Waals surface area contributed by atoms with E-state index >= 15 is 0 Å². The first kappa shape index (κ1) is 18.1. The smallest absolute Gasteiger partial charge is 0.303 e.